The average molecular weight is 281 g/mol. The predicted octanol–water partition coefficient (Wildman–Crippen LogP) is 2.79. The molecule has 0 aliphatic carbocycles. The molecule has 5 nitrogen and oxygen atoms in total. The summed E-state index contributed by atoms with van der Waals surface area (Å²) in [6, 6.07) is 9.04. The third kappa shape index (κ3) is 2.27. The van der Waals surface area contributed by atoms with E-state index in [9.17, 15) is 9.90 Å². The first kappa shape index (κ1) is 13.3. The number of benzene rings is 1. The van der Waals surface area contributed by atoms with Crippen LogP contribution in [-0.2, 0) is 6.54 Å². The predicted molar refractivity (Wildman–Crippen MR) is 79.5 cm³/mol. The molecule has 2 heterocycles. The van der Waals surface area contributed by atoms with E-state index in [2.05, 4.69) is 9.97 Å². The lowest BCUT2D eigenvalue weighted by molar-refractivity contribution is 0.0698. The number of imidazole rings is 1. The molecule has 0 atom stereocenters. The van der Waals surface area contributed by atoms with Crippen LogP contribution in [0, 0.1) is 13.8 Å². The van der Waals surface area contributed by atoms with Crippen LogP contribution in [-0.4, -0.2) is 25.6 Å². The van der Waals surface area contributed by atoms with E-state index < -0.39 is 5.97 Å². The Hall–Kier alpha value is -2.69. The Morgan fingerprint density at radius 3 is 2.76 bits per heavy atom. The standard InChI is InChI=1S/C16H15N3O2/c1-10-5-4-8-17-14(10)9-19-11(2)18-13-7-3-6-12(15(13)19)16(20)21/h3-8H,9H2,1-2H3,(H,20,21). The van der Waals surface area contributed by atoms with Crippen LogP contribution < -0.4 is 0 Å². The van der Waals surface area contributed by atoms with E-state index >= 15 is 0 Å². The maximum Gasteiger partial charge on any atom is 0.337 e. The van der Waals surface area contributed by atoms with Gasteiger partial charge in [0.05, 0.1) is 28.8 Å². The quantitative estimate of drug-likeness (QED) is 0.801. The average Bonchev–Trinajstić information content (AvgIpc) is 2.77. The number of pyridine rings is 1. The van der Waals surface area contributed by atoms with Crippen LogP contribution in [0.2, 0.25) is 0 Å². The van der Waals surface area contributed by atoms with Crippen LogP contribution in [0.25, 0.3) is 11.0 Å². The zero-order valence-electron chi connectivity index (χ0n) is 11.9. The molecule has 2 aromatic heterocycles. The molecule has 21 heavy (non-hydrogen) atoms. The van der Waals surface area contributed by atoms with Crippen molar-refractivity contribution in [2.75, 3.05) is 0 Å². The summed E-state index contributed by atoms with van der Waals surface area (Å²) in [5, 5.41) is 9.38. The Bertz CT molecular complexity index is 837. The summed E-state index contributed by atoms with van der Waals surface area (Å²) in [5.74, 6) is -0.164. The van der Waals surface area contributed by atoms with Gasteiger partial charge in [0.1, 0.15) is 5.82 Å². The van der Waals surface area contributed by atoms with Gasteiger partial charge in [-0.25, -0.2) is 9.78 Å². The number of carbonyl (C=O) groups is 1. The molecule has 0 saturated heterocycles. The first-order chi connectivity index (χ1) is 10.1. The molecular weight excluding hydrogens is 266 g/mol. The molecule has 5 heteroatoms. The van der Waals surface area contributed by atoms with Crippen LogP contribution >= 0.6 is 0 Å². The van der Waals surface area contributed by atoms with Gasteiger partial charge in [-0.3, -0.25) is 4.98 Å². The molecule has 3 rings (SSSR count). The number of rotatable bonds is 3. The zero-order chi connectivity index (χ0) is 15.0. The third-order valence-corrected chi connectivity index (χ3v) is 3.61. The highest BCUT2D eigenvalue weighted by Crippen LogP contribution is 2.22. The molecule has 0 spiro atoms. The van der Waals surface area contributed by atoms with Gasteiger partial charge >= 0.3 is 5.97 Å². The van der Waals surface area contributed by atoms with E-state index in [0.717, 1.165) is 17.1 Å². The van der Waals surface area contributed by atoms with E-state index in [-0.39, 0.29) is 5.56 Å². The lowest BCUT2D eigenvalue weighted by Crippen LogP contribution is -2.08. The monoisotopic (exact) mass is 281 g/mol. The molecule has 0 amide bonds. The molecular formula is C16H15N3O2. The number of hydrogen-bond acceptors (Lipinski definition) is 3. The first-order valence-corrected chi connectivity index (χ1v) is 6.67. The van der Waals surface area contributed by atoms with Crippen molar-refractivity contribution < 1.29 is 9.90 Å². The molecule has 0 aliphatic heterocycles. The van der Waals surface area contributed by atoms with E-state index in [4.69, 9.17) is 0 Å². The van der Waals surface area contributed by atoms with Crippen LogP contribution in [0.5, 0.6) is 0 Å². The van der Waals surface area contributed by atoms with E-state index in [1.54, 1.807) is 18.3 Å². The van der Waals surface area contributed by atoms with E-state index in [0.29, 0.717) is 17.6 Å². The van der Waals surface area contributed by atoms with Crippen LogP contribution in [0.15, 0.2) is 36.5 Å². The van der Waals surface area contributed by atoms with Gasteiger partial charge in [-0.15, -0.1) is 0 Å². The summed E-state index contributed by atoms with van der Waals surface area (Å²) in [7, 11) is 0. The second-order valence-electron chi connectivity index (χ2n) is 4.99. The summed E-state index contributed by atoms with van der Waals surface area (Å²) in [6.45, 7) is 4.39. The second kappa shape index (κ2) is 5.01. The fraction of sp³-hybridized carbons (Fsp3) is 0.188. The number of para-hydroxylation sites is 1. The number of carboxylic acids is 1. The fourth-order valence-electron chi connectivity index (χ4n) is 2.50. The number of aromatic nitrogens is 3. The maximum absolute atomic E-state index is 11.4. The van der Waals surface area contributed by atoms with Gasteiger partial charge in [0, 0.05) is 6.20 Å². The highest BCUT2D eigenvalue weighted by molar-refractivity contribution is 6.01. The Kier molecular flexibility index (Phi) is 3.17. The molecule has 0 unspecified atom stereocenters. The first-order valence-electron chi connectivity index (χ1n) is 6.67. The Morgan fingerprint density at radius 1 is 1.24 bits per heavy atom. The SMILES string of the molecule is Cc1cccnc1Cn1c(C)nc2cccc(C(=O)O)c21. The summed E-state index contributed by atoms with van der Waals surface area (Å²) in [5.41, 5.74) is 3.60. The van der Waals surface area contributed by atoms with Gasteiger partial charge < -0.3 is 9.67 Å². The maximum atomic E-state index is 11.4. The van der Waals surface area contributed by atoms with Crippen molar-refractivity contribution in [1.29, 1.82) is 0 Å². The number of aromatic carboxylic acids is 1. The number of fused-ring (bicyclic) bond motifs is 1. The van der Waals surface area contributed by atoms with Crippen molar-refractivity contribution in [2.24, 2.45) is 0 Å². The van der Waals surface area contributed by atoms with Crippen LogP contribution in [0.1, 0.15) is 27.4 Å². The highest BCUT2D eigenvalue weighted by Gasteiger charge is 2.16. The number of hydrogen-bond donors (Lipinski definition) is 1. The Labute approximate surface area is 121 Å². The van der Waals surface area contributed by atoms with Gasteiger partial charge in [0.15, 0.2) is 0 Å². The molecule has 0 aliphatic rings. The van der Waals surface area contributed by atoms with Crippen LogP contribution in [0.4, 0.5) is 0 Å². The molecule has 0 bridgehead atoms. The molecule has 0 radical (unpaired) electrons. The topological polar surface area (TPSA) is 68.0 Å². The van der Waals surface area contributed by atoms with Crippen molar-refractivity contribution in [3.63, 3.8) is 0 Å². The van der Waals surface area contributed by atoms with Crippen LogP contribution in [0.3, 0.4) is 0 Å². The van der Waals surface area contributed by atoms with Crippen molar-refractivity contribution in [2.45, 2.75) is 20.4 Å². The zero-order valence-corrected chi connectivity index (χ0v) is 11.9. The van der Waals surface area contributed by atoms with E-state index in [1.165, 1.54) is 0 Å². The number of nitrogens with zero attached hydrogens (tertiary/aromatic N) is 3. The van der Waals surface area contributed by atoms with Gasteiger partial charge in [-0.2, -0.15) is 0 Å². The number of aryl methyl sites for hydroxylation is 2. The Morgan fingerprint density at radius 2 is 2.05 bits per heavy atom. The fourth-order valence-corrected chi connectivity index (χ4v) is 2.50. The van der Waals surface area contributed by atoms with Crippen molar-refractivity contribution in [3.05, 3.63) is 59.2 Å². The molecule has 3 aromatic rings. The van der Waals surface area contributed by atoms with Gasteiger partial charge in [-0.05, 0) is 37.6 Å². The van der Waals surface area contributed by atoms with Crippen molar-refractivity contribution >= 4 is 17.0 Å². The summed E-state index contributed by atoms with van der Waals surface area (Å²) >= 11 is 0. The second-order valence-corrected chi connectivity index (χ2v) is 4.99. The molecule has 0 fully saturated rings. The van der Waals surface area contributed by atoms with Gasteiger partial charge in [-0.1, -0.05) is 12.1 Å². The van der Waals surface area contributed by atoms with Gasteiger partial charge in [0.2, 0.25) is 0 Å². The highest BCUT2D eigenvalue weighted by atomic mass is 16.4. The normalized spacial score (nSPS) is 11.0. The summed E-state index contributed by atoms with van der Waals surface area (Å²) in [4.78, 5) is 20.3. The largest absolute Gasteiger partial charge is 0.478 e. The smallest absolute Gasteiger partial charge is 0.337 e. The molecule has 0 saturated carbocycles. The summed E-state index contributed by atoms with van der Waals surface area (Å²) < 4.78 is 1.91. The minimum atomic E-state index is -0.945. The Balaban J connectivity index is 2.20. The van der Waals surface area contributed by atoms with Crippen molar-refractivity contribution in [3.8, 4) is 0 Å². The third-order valence-electron chi connectivity index (χ3n) is 3.61. The number of carboxylic acid groups (broad SMARTS) is 1. The minimum absolute atomic E-state index is 0.265. The lowest BCUT2D eigenvalue weighted by Gasteiger charge is -2.10. The summed E-state index contributed by atoms with van der Waals surface area (Å²) in [6.07, 6.45) is 1.74. The minimum Gasteiger partial charge on any atom is -0.478 e. The molecule has 1 N–H and O–H groups in total. The van der Waals surface area contributed by atoms with Gasteiger partial charge in [0.25, 0.3) is 0 Å². The lowest BCUT2D eigenvalue weighted by atomic mass is 10.1. The molecule has 1 aromatic carbocycles. The molecule has 106 valence electrons. The van der Waals surface area contributed by atoms with Crippen molar-refractivity contribution in [1.82, 2.24) is 14.5 Å². The van der Waals surface area contributed by atoms with E-state index in [1.807, 2.05) is 36.6 Å².